The first kappa shape index (κ1) is 26.7. The topological polar surface area (TPSA) is 17.8 Å². The number of aromatic nitrogens is 2. The number of pyridine rings is 1. The monoisotopic (exact) mass is 618 g/mol. The molecule has 0 spiro atoms. The molecule has 0 radical (unpaired) electrons. The Morgan fingerprint density at radius 1 is 0.553 bits per heavy atom. The summed E-state index contributed by atoms with van der Waals surface area (Å²) < 4.78 is 3.66. The summed E-state index contributed by atoms with van der Waals surface area (Å²) in [6.07, 6.45) is 0. The van der Waals surface area contributed by atoms with E-state index in [1.165, 1.54) is 76.3 Å². The molecular weight excluding hydrogens is 589 g/mol. The molecule has 0 fully saturated rings. The van der Waals surface area contributed by atoms with E-state index in [0.717, 1.165) is 16.1 Å². The van der Waals surface area contributed by atoms with E-state index in [2.05, 4.69) is 164 Å². The summed E-state index contributed by atoms with van der Waals surface area (Å²) in [5.41, 5.74) is 13.5. The molecule has 6 aromatic carbocycles. The minimum atomic E-state index is -0.160. The van der Waals surface area contributed by atoms with Crippen molar-refractivity contribution >= 4 is 53.4 Å². The van der Waals surface area contributed by atoms with E-state index in [1.54, 1.807) is 11.3 Å². The second-order valence-corrected chi connectivity index (χ2v) is 14.2. The Balaban J connectivity index is 1.09. The van der Waals surface area contributed by atoms with Crippen LogP contribution in [-0.2, 0) is 5.41 Å². The van der Waals surface area contributed by atoms with Gasteiger partial charge >= 0.3 is 0 Å². The van der Waals surface area contributed by atoms with Gasteiger partial charge in [-0.2, -0.15) is 0 Å². The zero-order valence-electron chi connectivity index (χ0n) is 26.2. The van der Waals surface area contributed by atoms with Crippen molar-refractivity contribution in [3.05, 3.63) is 157 Å². The lowest BCUT2D eigenvalue weighted by Crippen LogP contribution is -2.16. The quantitative estimate of drug-likeness (QED) is 0.193. The highest BCUT2D eigenvalue weighted by atomic mass is 32.1. The number of hydrogen-bond donors (Lipinski definition) is 0. The van der Waals surface area contributed by atoms with E-state index < -0.39 is 0 Å². The normalized spacial score (nSPS) is 13.5. The molecule has 3 heterocycles. The molecule has 3 heteroatoms. The van der Waals surface area contributed by atoms with E-state index in [4.69, 9.17) is 4.98 Å². The zero-order valence-corrected chi connectivity index (χ0v) is 27.0. The largest absolute Gasteiger partial charge is 0.309 e. The van der Waals surface area contributed by atoms with Gasteiger partial charge in [-0.05, 0) is 63.7 Å². The van der Waals surface area contributed by atoms with Crippen molar-refractivity contribution in [3.8, 4) is 39.2 Å². The molecule has 222 valence electrons. The highest BCUT2D eigenvalue weighted by Crippen LogP contribution is 2.56. The number of rotatable bonds is 3. The Bertz CT molecular complexity index is 2640. The third kappa shape index (κ3) is 3.75. The number of hydrogen-bond acceptors (Lipinski definition) is 2. The first-order valence-electron chi connectivity index (χ1n) is 16.2. The van der Waals surface area contributed by atoms with Gasteiger partial charge in [0.05, 0.1) is 16.7 Å². The van der Waals surface area contributed by atoms with Gasteiger partial charge in [0.15, 0.2) is 0 Å². The summed E-state index contributed by atoms with van der Waals surface area (Å²) in [7, 11) is 0. The Morgan fingerprint density at radius 3 is 1.81 bits per heavy atom. The number of thiophene rings is 1. The number of para-hydroxylation sites is 2. The standard InChI is InChI=1S/C44H30N2S/c1-44(2)35-15-7-3-13-33(35)39-40-34-14-6-10-18-38(34)47-43(40)45-42(41(39)44)29-21-19-27(20-22-29)28-23-25-30(26-24-28)46-36-16-8-4-11-31(36)32-12-5-9-17-37(32)46/h3-26H,1-2H3. The van der Waals surface area contributed by atoms with Gasteiger partial charge in [0, 0.05) is 42.9 Å². The van der Waals surface area contributed by atoms with Crippen molar-refractivity contribution in [1.82, 2.24) is 9.55 Å². The van der Waals surface area contributed by atoms with Gasteiger partial charge in [-0.15, -0.1) is 11.3 Å². The lowest BCUT2D eigenvalue weighted by molar-refractivity contribution is 0.660. The summed E-state index contributed by atoms with van der Waals surface area (Å²) in [6, 6.07) is 53.0. The fourth-order valence-electron chi connectivity index (χ4n) is 8.05. The van der Waals surface area contributed by atoms with Gasteiger partial charge < -0.3 is 4.57 Å². The van der Waals surface area contributed by atoms with Crippen LogP contribution in [0.4, 0.5) is 0 Å². The van der Waals surface area contributed by atoms with Crippen LogP contribution in [0.25, 0.3) is 81.3 Å². The van der Waals surface area contributed by atoms with Crippen LogP contribution in [0.3, 0.4) is 0 Å². The summed E-state index contributed by atoms with van der Waals surface area (Å²) in [4.78, 5) is 6.55. The average Bonchev–Trinajstić information content (AvgIpc) is 3.74. The molecule has 0 atom stereocenters. The summed E-state index contributed by atoms with van der Waals surface area (Å²) in [6.45, 7) is 4.71. The van der Waals surface area contributed by atoms with Crippen LogP contribution in [0.1, 0.15) is 25.0 Å². The van der Waals surface area contributed by atoms with Gasteiger partial charge in [0.1, 0.15) is 4.83 Å². The highest BCUT2D eigenvalue weighted by molar-refractivity contribution is 7.25. The third-order valence-electron chi connectivity index (χ3n) is 10.2. The number of benzene rings is 6. The zero-order chi connectivity index (χ0) is 31.3. The van der Waals surface area contributed by atoms with Crippen LogP contribution in [-0.4, -0.2) is 9.55 Å². The third-order valence-corrected chi connectivity index (χ3v) is 11.3. The maximum Gasteiger partial charge on any atom is 0.125 e. The molecule has 0 aliphatic heterocycles. The molecule has 0 unspecified atom stereocenters. The van der Waals surface area contributed by atoms with Crippen molar-refractivity contribution in [2.24, 2.45) is 0 Å². The van der Waals surface area contributed by atoms with Crippen molar-refractivity contribution < 1.29 is 0 Å². The summed E-state index contributed by atoms with van der Waals surface area (Å²) >= 11 is 1.80. The van der Waals surface area contributed by atoms with Crippen LogP contribution in [0.2, 0.25) is 0 Å². The van der Waals surface area contributed by atoms with Crippen LogP contribution in [0.5, 0.6) is 0 Å². The lowest BCUT2D eigenvalue weighted by atomic mass is 9.80. The van der Waals surface area contributed by atoms with Crippen molar-refractivity contribution in [2.45, 2.75) is 19.3 Å². The van der Waals surface area contributed by atoms with Crippen LogP contribution < -0.4 is 0 Å². The van der Waals surface area contributed by atoms with Gasteiger partial charge in [0.2, 0.25) is 0 Å². The van der Waals surface area contributed by atoms with E-state index in [1.807, 2.05) is 0 Å². The Labute approximate surface area is 277 Å². The highest BCUT2D eigenvalue weighted by Gasteiger charge is 2.40. The van der Waals surface area contributed by atoms with E-state index in [9.17, 15) is 0 Å². The molecule has 10 rings (SSSR count). The Kier molecular flexibility index (Phi) is 5.53. The van der Waals surface area contributed by atoms with Gasteiger partial charge in [-0.1, -0.05) is 129 Å². The molecule has 3 aromatic heterocycles. The molecule has 0 bridgehead atoms. The van der Waals surface area contributed by atoms with E-state index >= 15 is 0 Å². The maximum absolute atomic E-state index is 5.44. The Hall–Kier alpha value is -5.51. The maximum atomic E-state index is 5.44. The molecular formula is C44H30N2S. The van der Waals surface area contributed by atoms with Crippen molar-refractivity contribution in [1.29, 1.82) is 0 Å². The summed E-state index contributed by atoms with van der Waals surface area (Å²) in [5, 5.41) is 5.16. The average molecular weight is 619 g/mol. The molecule has 9 aromatic rings. The predicted octanol–water partition coefficient (Wildman–Crippen LogP) is 12.2. The number of nitrogens with zero attached hydrogens (tertiary/aromatic N) is 2. The molecule has 1 aliphatic carbocycles. The van der Waals surface area contributed by atoms with E-state index in [-0.39, 0.29) is 5.41 Å². The molecule has 0 N–H and O–H groups in total. The first-order chi connectivity index (χ1) is 23.1. The van der Waals surface area contributed by atoms with Gasteiger partial charge in [0.25, 0.3) is 0 Å². The lowest BCUT2D eigenvalue weighted by Gasteiger charge is -2.24. The second-order valence-electron chi connectivity index (χ2n) is 13.2. The van der Waals surface area contributed by atoms with Crippen LogP contribution in [0, 0.1) is 0 Å². The SMILES string of the molecule is CC1(C)c2ccccc2-c2c1c(-c1ccc(-c3ccc(-n4c5ccccc5c5ccccc54)cc3)cc1)nc1sc3ccccc3c21. The van der Waals surface area contributed by atoms with Crippen LogP contribution >= 0.6 is 11.3 Å². The van der Waals surface area contributed by atoms with Crippen molar-refractivity contribution in [2.75, 3.05) is 0 Å². The minimum Gasteiger partial charge on any atom is -0.309 e. The minimum absolute atomic E-state index is 0.160. The second kappa shape index (κ2) is 9.75. The van der Waals surface area contributed by atoms with E-state index in [0.29, 0.717) is 0 Å². The molecule has 47 heavy (non-hydrogen) atoms. The molecule has 1 aliphatic rings. The number of fused-ring (bicyclic) bond motifs is 10. The molecule has 2 nitrogen and oxygen atoms in total. The fraction of sp³-hybridized carbons (Fsp3) is 0.0682. The molecule has 0 saturated carbocycles. The van der Waals surface area contributed by atoms with Crippen molar-refractivity contribution in [3.63, 3.8) is 0 Å². The van der Waals surface area contributed by atoms with Gasteiger partial charge in [-0.25, -0.2) is 4.98 Å². The molecule has 0 saturated heterocycles. The van der Waals surface area contributed by atoms with Crippen LogP contribution in [0.15, 0.2) is 146 Å². The molecule has 0 amide bonds. The summed E-state index contributed by atoms with van der Waals surface area (Å²) in [5.74, 6) is 0. The first-order valence-corrected chi connectivity index (χ1v) is 17.0. The predicted molar refractivity (Wildman–Crippen MR) is 200 cm³/mol. The van der Waals surface area contributed by atoms with Gasteiger partial charge in [-0.3, -0.25) is 0 Å². The smallest absolute Gasteiger partial charge is 0.125 e. The fourth-order valence-corrected chi connectivity index (χ4v) is 9.13. The Morgan fingerprint density at radius 2 is 1.11 bits per heavy atom.